The molecule has 0 amide bonds. The Labute approximate surface area is 244 Å². The van der Waals surface area contributed by atoms with Crippen molar-refractivity contribution < 1.29 is 0 Å². The fraction of sp³-hybridized carbons (Fsp3) is 0.0526. The maximum Gasteiger partial charge on any atom is 0.0959 e. The summed E-state index contributed by atoms with van der Waals surface area (Å²) in [7, 11) is 0. The van der Waals surface area contributed by atoms with Crippen molar-refractivity contribution in [3.8, 4) is 0 Å². The minimum Gasteiger partial charge on any atom is -0.283 e. The van der Waals surface area contributed by atoms with E-state index in [9.17, 15) is 0 Å². The fourth-order valence-corrected chi connectivity index (χ4v) is 5.84. The Balaban J connectivity index is 0.00000323. The van der Waals surface area contributed by atoms with Crippen LogP contribution in [0.15, 0.2) is 182 Å². The van der Waals surface area contributed by atoms with Crippen LogP contribution in [0.5, 0.6) is 0 Å². The summed E-state index contributed by atoms with van der Waals surface area (Å²) in [6, 6.07) is 64.9. The van der Waals surface area contributed by atoms with Gasteiger partial charge < -0.3 is 0 Å². The summed E-state index contributed by atoms with van der Waals surface area (Å²) in [5.41, 5.74) is 5.70. The normalized spacial score (nSPS) is 11.4. The molecule has 196 valence electrons. The van der Waals surface area contributed by atoms with E-state index in [0.717, 1.165) is 0 Å². The topological polar surface area (TPSA) is 12.0 Å². The lowest BCUT2D eigenvalue weighted by Crippen LogP contribution is -2.57. The van der Waals surface area contributed by atoms with Crippen molar-refractivity contribution in [3.63, 3.8) is 0 Å². The lowest BCUT2D eigenvalue weighted by atomic mass is 9.70. The van der Waals surface area contributed by atoms with Gasteiger partial charge >= 0.3 is 0 Å². The molecule has 0 saturated heterocycles. The van der Waals surface area contributed by atoms with E-state index in [0.29, 0.717) is 0 Å². The molecule has 0 aliphatic carbocycles. The summed E-state index contributed by atoms with van der Waals surface area (Å²) in [6.07, 6.45) is 0. The van der Waals surface area contributed by atoms with Gasteiger partial charge in [0.15, 0.2) is 0 Å². The van der Waals surface area contributed by atoms with Crippen LogP contribution in [0.2, 0.25) is 0 Å². The van der Waals surface area contributed by atoms with Gasteiger partial charge in [-0.25, -0.2) is 0 Å². The average Bonchev–Trinajstić information content (AvgIpc) is 3.04. The standard InChI is InChI=1S/C38H31N.H2S/c1-7-19-31(20-8-1)37(32-21-9-2-10-22-32,33-23-11-3-12-24-33)39-38(34-25-13-4-14-26-34,35-27-15-5-16-28-35)36-29-17-6-18-30-36;/h1-30,39H;1H2. The molecule has 0 saturated carbocycles. The Bertz CT molecular complexity index is 1270. The highest BCUT2D eigenvalue weighted by Gasteiger charge is 2.46. The SMILES string of the molecule is S.c1ccc(C(NC(c2ccccc2)(c2ccccc2)c2ccccc2)(c2ccccc2)c2ccccc2)cc1. The van der Waals surface area contributed by atoms with Crippen molar-refractivity contribution >= 4 is 13.5 Å². The number of rotatable bonds is 8. The van der Waals surface area contributed by atoms with E-state index in [4.69, 9.17) is 0 Å². The van der Waals surface area contributed by atoms with Crippen LogP contribution in [-0.2, 0) is 11.1 Å². The van der Waals surface area contributed by atoms with Crippen molar-refractivity contribution in [3.05, 3.63) is 215 Å². The Morgan fingerprint density at radius 1 is 0.250 bits per heavy atom. The molecule has 0 radical (unpaired) electrons. The highest BCUT2D eigenvalue weighted by atomic mass is 32.1. The molecule has 0 heterocycles. The van der Waals surface area contributed by atoms with Gasteiger partial charge in [0.2, 0.25) is 0 Å². The Morgan fingerprint density at radius 3 is 0.550 bits per heavy atom. The minimum atomic E-state index is -0.675. The molecule has 40 heavy (non-hydrogen) atoms. The summed E-state index contributed by atoms with van der Waals surface area (Å²) < 4.78 is 0. The van der Waals surface area contributed by atoms with Gasteiger partial charge in [-0.05, 0) is 33.4 Å². The fourth-order valence-electron chi connectivity index (χ4n) is 5.84. The molecule has 1 N–H and O–H groups in total. The van der Waals surface area contributed by atoms with E-state index in [2.05, 4.69) is 187 Å². The highest BCUT2D eigenvalue weighted by Crippen LogP contribution is 2.45. The van der Waals surface area contributed by atoms with Crippen LogP contribution in [0.3, 0.4) is 0 Å². The first-order valence-corrected chi connectivity index (χ1v) is 13.5. The Hall–Kier alpha value is -4.37. The molecule has 0 aliphatic heterocycles. The van der Waals surface area contributed by atoms with Gasteiger partial charge in [-0.15, -0.1) is 0 Å². The summed E-state index contributed by atoms with van der Waals surface area (Å²) in [6.45, 7) is 0. The molecule has 1 nitrogen and oxygen atoms in total. The molecule has 6 aromatic carbocycles. The number of hydrogen-bond acceptors (Lipinski definition) is 1. The van der Waals surface area contributed by atoms with Crippen molar-refractivity contribution in [2.75, 3.05) is 0 Å². The first-order valence-electron chi connectivity index (χ1n) is 13.5. The zero-order chi connectivity index (χ0) is 26.4. The zero-order valence-electron chi connectivity index (χ0n) is 22.3. The van der Waals surface area contributed by atoms with Crippen LogP contribution in [0, 0.1) is 0 Å². The smallest absolute Gasteiger partial charge is 0.0959 e. The molecule has 0 spiro atoms. The van der Waals surface area contributed by atoms with E-state index < -0.39 is 11.1 Å². The molecule has 2 heteroatoms. The largest absolute Gasteiger partial charge is 0.283 e. The second-order valence-corrected chi connectivity index (χ2v) is 9.82. The van der Waals surface area contributed by atoms with Gasteiger partial charge in [0.1, 0.15) is 0 Å². The van der Waals surface area contributed by atoms with Gasteiger partial charge in [0.05, 0.1) is 11.1 Å². The Kier molecular flexibility index (Phi) is 8.31. The van der Waals surface area contributed by atoms with Crippen LogP contribution < -0.4 is 5.32 Å². The lowest BCUT2D eigenvalue weighted by Gasteiger charge is -2.47. The number of hydrogen-bond donors (Lipinski definition) is 1. The highest BCUT2D eigenvalue weighted by molar-refractivity contribution is 7.59. The molecular formula is C38H33NS. The quantitative estimate of drug-likeness (QED) is 0.192. The first kappa shape index (κ1) is 27.2. The average molecular weight is 536 g/mol. The van der Waals surface area contributed by atoms with Crippen molar-refractivity contribution in [1.82, 2.24) is 5.32 Å². The van der Waals surface area contributed by atoms with Crippen LogP contribution in [0.1, 0.15) is 33.4 Å². The van der Waals surface area contributed by atoms with Gasteiger partial charge in [0, 0.05) is 0 Å². The maximum atomic E-state index is 4.38. The molecule has 6 rings (SSSR count). The second kappa shape index (κ2) is 12.2. The minimum absolute atomic E-state index is 0. The number of benzene rings is 6. The third-order valence-corrected chi connectivity index (χ3v) is 7.62. The molecule has 6 aromatic rings. The predicted octanol–water partition coefficient (Wildman–Crippen LogP) is 8.67. The van der Waals surface area contributed by atoms with Gasteiger partial charge in [0.25, 0.3) is 0 Å². The maximum absolute atomic E-state index is 4.38. The Morgan fingerprint density at radius 2 is 0.400 bits per heavy atom. The van der Waals surface area contributed by atoms with Crippen molar-refractivity contribution in [2.45, 2.75) is 11.1 Å². The van der Waals surface area contributed by atoms with Crippen LogP contribution >= 0.6 is 13.5 Å². The molecule has 0 unspecified atom stereocenters. The van der Waals surface area contributed by atoms with Crippen LogP contribution in [0.25, 0.3) is 0 Å². The van der Waals surface area contributed by atoms with E-state index in [1.165, 1.54) is 33.4 Å². The van der Waals surface area contributed by atoms with E-state index in [-0.39, 0.29) is 13.5 Å². The van der Waals surface area contributed by atoms with E-state index >= 15 is 0 Å². The molecule has 0 fully saturated rings. The monoisotopic (exact) mass is 535 g/mol. The molecule has 0 aliphatic rings. The zero-order valence-corrected chi connectivity index (χ0v) is 23.3. The summed E-state index contributed by atoms with van der Waals surface area (Å²) in [5, 5.41) is 4.38. The van der Waals surface area contributed by atoms with Crippen molar-refractivity contribution in [1.29, 1.82) is 0 Å². The van der Waals surface area contributed by atoms with Crippen LogP contribution in [-0.4, -0.2) is 0 Å². The lowest BCUT2D eigenvalue weighted by molar-refractivity contribution is 0.354. The molecular weight excluding hydrogens is 502 g/mol. The molecule has 0 bridgehead atoms. The summed E-state index contributed by atoms with van der Waals surface area (Å²) in [5.74, 6) is 0. The van der Waals surface area contributed by atoms with E-state index in [1.54, 1.807) is 0 Å². The van der Waals surface area contributed by atoms with E-state index in [1.807, 2.05) is 0 Å². The molecule has 0 atom stereocenters. The third kappa shape index (κ3) is 4.88. The summed E-state index contributed by atoms with van der Waals surface area (Å²) in [4.78, 5) is 0. The third-order valence-electron chi connectivity index (χ3n) is 7.62. The predicted molar refractivity (Wildman–Crippen MR) is 172 cm³/mol. The van der Waals surface area contributed by atoms with Gasteiger partial charge in [-0.1, -0.05) is 182 Å². The van der Waals surface area contributed by atoms with Gasteiger partial charge in [-0.3, -0.25) is 5.32 Å². The summed E-state index contributed by atoms with van der Waals surface area (Å²) >= 11 is 0. The van der Waals surface area contributed by atoms with Crippen LogP contribution in [0.4, 0.5) is 0 Å². The molecule has 0 aromatic heterocycles. The first-order chi connectivity index (χ1) is 19.3. The second-order valence-electron chi connectivity index (χ2n) is 9.82. The number of nitrogens with one attached hydrogen (secondary N) is 1. The van der Waals surface area contributed by atoms with Crippen molar-refractivity contribution in [2.24, 2.45) is 0 Å². The van der Waals surface area contributed by atoms with Gasteiger partial charge in [-0.2, -0.15) is 13.5 Å².